The second-order valence-corrected chi connectivity index (χ2v) is 2.18. The Hall–Kier alpha value is -0.0800. The fraction of sp³-hybridized carbons (Fsp3) is 1.00. The molecule has 1 unspecified atom stereocenters. The van der Waals surface area contributed by atoms with Gasteiger partial charge in [0.05, 0.1) is 6.61 Å². The fourth-order valence-electron chi connectivity index (χ4n) is 0.883. The molecule has 0 saturated carbocycles. The van der Waals surface area contributed by atoms with Crippen LogP contribution < -0.4 is 0 Å². The number of ether oxygens (including phenoxy) is 1. The predicted molar refractivity (Wildman–Crippen MR) is 25.9 cm³/mol. The average Bonchev–Trinajstić information content (AvgIpc) is 2.10. The third kappa shape index (κ3) is 0.545. The van der Waals surface area contributed by atoms with Crippen molar-refractivity contribution in [3.63, 3.8) is 0 Å². The molecule has 2 saturated heterocycles. The number of nitrogens with zero attached hydrogens (tertiary/aromatic N) is 1. The molecule has 0 aromatic rings. The molecule has 0 aromatic heterocycles. The second-order valence-electron chi connectivity index (χ2n) is 2.18. The Bertz CT molecular complexity index is 76.1. The van der Waals surface area contributed by atoms with E-state index in [1.165, 1.54) is 19.5 Å². The minimum atomic E-state index is 0.536. The summed E-state index contributed by atoms with van der Waals surface area (Å²) in [6.45, 7) is 3.52. The predicted octanol–water partition coefficient (Wildman–Crippen LogP) is 0.0484. The molecule has 2 fully saturated rings. The number of hydrogen-bond acceptors (Lipinski definition) is 2. The zero-order valence-corrected chi connectivity index (χ0v) is 4.26. The standard InChI is InChI=1S/C5H9NO/c1-2-6(3-1)5-4-7-5/h5H,1-4H2. The highest BCUT2D eigenvalue weighted by atomic mass is 16.6. The Labute approximate surface area is 43.1 Å². The van der Waals surface area contributed by atoms with Gasteiger partial charge in [-0.15, -0.1) is 0 Å². The van der Waals surface area contributed by atoms with Crippen LogP contribution in [-0.4, -0.2) is 30.8 Å². The smallest absolute Gasteiger partial charge is 0.134 e. The Morgan fingerprint density at radius 2 is 2.14 bits per heavy atom. The molecule has 0 aromatic carbocycles. The van der Waals surface area contributed by atoms with E-state index < -0.39 is 0 Å². The van der Waals surface area contributed by atoms with E-state index in [4.69, 9.17) is 4.74 Å². The Morgan fingerprint density at radius 3 is 2.29 bits per heavy atom. The molecule has 1 atom stereocenters. The maximum Gasteiger partial charge on any atom is 0.134 e. The van der Waals surface area contributed by atoms with E-state index in [9.17, 15) is 0 Å². The van der Waals surface area contributed by atoms with Crippen LogP contribution >= 0.6 is 0 Å². The van der Waals surface area contributed by atoms with Crippen LogP contribution in [0.3, 0.4) is 0 Å². The average molecular weight is 99.1 g/mol. The lowest BCUT2D eigenvalue weighted by atomic mass is 10.2. The van der Waals surface area contributed by atoms with Gasteiger partial charge < -0.3 is 4.74 Å². The van der Waals surface area contributed by atoms with Gasteiger partial charge in [0.15, 0.2) is 0 Å². The first kappa shape index (κ1) is 3.87. The first-order valence-corrected chi connectivity index (χ1v) is 2.82. The van der Waals surface area contributed by atoms with Gasteiger partial charge in [-0.3, -0.25) is 4.90 Å². The molecule has 2 heteroatoms. The molecule has 2 aliphatic rings. The Balaban J connectivity index is 1.83. The normalized spacial score (nSPS) is 40.3. The van der Waals surface area contributed by atoms with E-state index in [2.05, 4.69) is 4.90 Å². The second kappa shape index (κ2) is 1.20. The van der Waals surface area contributed by atoms with Gasteiger partial charge in [-0.1, -0.05) is 0 Å². The number of hydrogen-bond donors (Lipinski definition) is 0. The minimum absolute atomic E-state index is 0.536. The number of likely N-dealkylation sites (tertiary alicyclic amines) is 1. The highest BCUT2D eigenvalue weighted by molar-refractivity contribution is 4.78. The summed E-state index contributed by atoms with van der Waals surface area (Å²) in [4.78, 5) is 2.36. The molecule has 0 amide bonds. The summed E-state index contributed by atoms with van der Waals surface area (Å²) >= 11 is 0. The van der Waals surface area contributed by atoms with Crippen LogP contribution in [0.5, 0.6) is 0 Å². The van der Waals surface area contributed by atoms with Crippen LogP contribution in [0.4, 0.5) is 0 Å². The van der Waals surface area contributed by atoms with Crippen molar-refractivity contribution < 1.29 is 4.74 Å². The van der Waals surface area contributed by atoms with Crippen molar-refractivity contribution in [3.8, 4) is 0 Å². The summed E-state index contributed by atoms with van der Waals surface area (Å²) in [7, 11) is 0. The van der Waals surface area contributed by atoms with Crippen LogP contribution in [-0.2, 0) is 4.74 Å². The van der Waals surface area contributed by atoms with Gasteiger partial charge >= 0.3 is 0 Å². The molecule has 7 heavy (non-hydrogen) atoms. The summed E-state index contributed by atoms with van der Waals surface area (Å²) in [6.07, 6.45) is 1.91. The van der Waals surface area contributed by atoms with Gasteiger partial charge in [-0.25, -0.2) is 0 Å². The first-order valence-electron chi connectivity index (χ1n) is 2.82. The lowest BCUT2D eigenvalue weighted by Crippen LogP contribution is -2.39. The molecule has 2 nitrogen and oxygen atoms in total. The van der Waals surface area contributed by atoms with Gasteiger partial charge in [-0.05, 0) is 6.42 Å². The molecule has 40 valence electrons. The van der Waals surface area contributed by atoms with Crippen LogP contribution in [0.15, 0.2) is 0 Å². The molecule has 0 bridgehead atoms. The van der Waals surface area contributed by atoms with Crippen LogP contribution in [0.25, 0.3) is 0 Å². The quantitative estimate of drug-likeness (QED) is 0.432. The number of rotatable bonds is 1. The van der Waals surface area contributed by atoms with Crippen molar-refractivity contribution in [2.24, 2.45) is 0 Å². The topological polar surface area (TPSA) is 15.8 Å². The maximum absolute atomic E-state index is 5.04. The van der Waals surface area contributed by atoms with Crippen molar-refractivity contribution in [2.75, 3.05) is 19.7 Å². The molecule has 0 spiro atoms. The molecule has 2 aliphatic heterocycles. The summed E-state index contributed by atoms with van der Waals surface area (Å²) in [5, 5.41) is 0. The summed E-state index contributed by atoms with van der Waals surface area (Å²) in [6, 6.07) is 0. The SMILES string of the molecule is C1CN(C2CO2)C1. The van der Waals surface area contributed by atoms with Crippen LogP contribution in [0.2, 0.25) is 0 Å². The lowest BCUT2D eigenvalue weighted by molar-refractivity contribution is 0.109. The van der Waals surface area contributed by atoms with Crippen molar-refractivity contribution in [2.45, 2.75) is 12.6 Å². The Kier molecular flexibility index (Phi) is 0.664. The molecule has 0 N–H and O–H groups in total. The minimum Gasteiger partial charge on any atom is -0.357 e. The largest absolute Gasteiger partial charge is 0.357 e. The van der Waals surface area contributed by atoms with Crippen LogP contribution in [0, 0.1) is 0 Å². The van der Waals surface area contributed by atoms with Crippen molar-refractivity contribution in [3.05, 3.63) is 0 Å². The van der Waals surface area contributed by atoms with Crippen molar-refractivity contribution in [1.82, 2.24) is 4.90 Å². The van der Waals surface area contributed by atoms with E-state index in [1.807, 2.05) is 0 Å². The summed E-state index contributed by atoms with van der Waals surface area (Å²) < 4.78 is 5.04. The third-order valence-corrected chi connectivity index (χ3v) is 1.61. The Morgan fingerprint density at radius 1 is 1.43 bits per heavy atom. The van der Waals surface area contributed by atoms with Crippen molar-refractivity contribution >= 4 is 0 Å². The van der Waals surface area contributed by atoms with Gasteiger partial charge in [-0.2, -0.15) is 0 Å². The van der Waals surface area contributed by atoms with Gasteiger partial charge in [0.2, 0.25) is 0 Å². The van der Waals surface area contributed by atoms with E-state index in [1.54, 1.807) is 0 Å². The van der Waals surface area contributed by atoms with Crippen LogP contribution in [0.1, 0.15) is 6.42 Å². The van der Waals surface area contributed by atoms with E-state index in [0.29, 0.717) is 6.23 Å². The molecule has 0 radical (unpaired) electrons. The monoisotopic (exact) mass is 99.1 g/mol. The fourth-order valence-corrected chi connectivity index (χ4v) is 0.883. The zero-order valence-electron chi connectivity index (χ0n) is 4.26. The molecule has 0 aliphatic carbocycles. The highest BCUT2D eigenvalue weighted by Gasteiger charge is 2.33. The zero-order chi connectivity index (χ0) is 4.69. The first-order chi connectivity index (χ1) is 3.47. The summed E-state index contributed by atoms with van der Waals surface area (Å²) in [5.41, 5.74) is 0. The molecule has 2 heterocycles. The molecular formula is C5H9NO. The highest BCUT2D eigenvalue weighted by Crippen LogP contribution is 2.20. The lowest BCUT2D eigenvalue weighted by Gasteiger charge is -2.28. The van der Waals surface area contributed by atoms with Gasteiger partial charge in [0.1, 0.15) is 6.23 Å². The molecular weight excluding hydrogens is 90.1 g/mol. The van der Waals surface area contributed by atoms with E-state index >= 15 is 0 Å². The third-order valence-electron chi connectivity index (χ3n) is 1.61. The maximum atomic E-state index is 5.04. The van der Waals surface area contributed by atoms with Gasteiger partial charge in [0, 0.05) is 13.1 Å². The van der Waals surface area contributed by atoms with Crippen molar-refractivity contribution in [1.29, 1.82) is 0 Å². The number of epoxide rings is 1. The molecule has 2 rings (SSSR count). The van der Waals surface area contributed by atoms with E-state index in [0.717, 1.165) is 6.61 Å². The summed E-state index contributed by atoms with van der Waals surface area (Å²) in [5.74, 6) is 0. The van der Waals surface area contributed by atoms with Gasteiger partial charge in [0.25, 0.3) is 0 Å². The van der Waals surface area contributed by atoms with E-state index in [-0.39, 0.29) is 0 Å².